The van der Waals surface area contributed by atoms with Crippen LogP contribution in [-0.4, -0.2) is 76.6 Å². The molecule has 1 saturated heterocycles. The summed E-state index contributed by atoms with van der Waals surface area (Å²) < 4.78 is 0. The van der Waals surface area contributed by atoms with Gasteiger partial charge in [-0.25, -0.2) is 9.59 Å². The highest BCUT2D eigenvalue weighted by molar-refractivity contribution is 7.99. The maximum atomic E-state index is 12.2. The van der Waals surface area contributed by atoms with Crippen molar-refractivity contribution < 1.29 is 14.7 Å². The van der Waals surface area contributed by atoms with E-state index >= 15 is 0 Å². The predicted molar refractivity (Wildman–Crippen MR) is 76.5 cm³/mol. The van der Waals surface area contributed by atoms with Gasteiger partial charge in [0.05, 0.1) is 0 Å². The van der Waals surface area contributed by atoms with Crippen LogP contribution >= 0.6 is 23.5 Å². The van der Waals surface area contributed by atoms with Crippen LogP contribution in [0.1, 0.15) is 6.42 Å². The fourth-order valence-electron chi connectivity index (χ4n) is 1.80. The molecule has 0 bridgehead atoms. The molecule has 1 atom stereocenters. The van der Waals surface area contributed by atoms with Gasteiger partial charge in [-0.3, -0.25) is 0 Å². The number of aliphatic carboxylic acids is 1. The molecule has 1 heterocycles. The van der Waals surface area contributed by atoms with Crippen LogP contribution in [0, 0.1) is 0 Å². The lowest BCUT2D eigenvalue weighted by Crippen LogP contribution is -2.54. The van der Waals surface area contributed by atoms with Gasteiger partial charge in [-0.15, -0.1) is 0 Å². The zero-order valence-electron chi connectivity index (χ0n) is 10.8. The number of carboxylic acids is 1. The van der Waals surface area contributed by atoms with Gasteiger partial charge in [0.1, 0.15) is 6.04 Å². The molecule has 1 aliphatic rings. The van der Waals surface area contributed by atoms with Crippen LogP contribution in [0.15, 0.2) is 0 Å². The van der Waals surface area contributed by atoms with E-state index in [1.165, 1.54) is 4.90 Å². The van der Waals surface area contributed by atoms with Crippen LogP contribution in [0.4, 0.5) is 4.79 Å². The summed E-state index contributed by atoms with van der Waals surface area (Å²) in [5.74, 6) is 1.40. The molecule has 0 saturated carbocycles. The van der Waals surface area contributed by atoms with Crippen molar-refractivity contribution in [2.45, 2.75) is 12.5 Å². The average molecular weight is 292 g/mol. The Balaban J connectivity index is 2.54. The van der Waals surface area contributed by atoms with Gasteiger partial charge in [-0.2, -0.15) is 23.5 Å². The van der Waals surface area contributed by atoms with Gasteiger partial charge in [0.15, 0.2) is 0 Å². The van der Waals surface area contributed by atoms with E-state index in [-0.39, 0.29) is 6.03 Å². The SMILES string of the molecule is CSCCCN(C)C(=O)N1CCSCC1C(=O)O. The number of carbonyl (C=O) groups is 2. The quantitative estimate of drug-likeness (QED) is 0.774. The lowest BCUT2D eigenvalue weighted by atomic mass is 10.3. The molecule has 7 heteroatoms. The Bertz CT molecular complexity index is 302. The summed E-state index contributed by atoms with van der Waals surface area (Å²) in [6, 6.07) is -0.844. The topological polar surface area (TPSA) is 60.9 Å². The van der Waals surface area contributed by atoms with Crippen molar-refractivity contribution in [2.75, 3.05) is 43.7 Å². The Kier molecular flexibility index (Phi) is 6.70. The molecule has 1 aliphatic heterocycles. The fourth-order valence-corrected chi connectivity index (χ4v) is 3.25. The number of urea groups is 1. The average Bonchev–Trinajstić information content (AvgIpc) is 2.38. The summed E-state index contributed by atoms with van der Waals surface area (Å²) >= 11 is 3.34. The van der Waals surface area contributed by atoms with Gasteiger partial charge in [-0.05, 0) is 18.4 Å². The number of nitrogens with zero attached hydrogens (tertiary/aromatic N) is 2. The van der Waals surface area contributed by atoms with E-state index in [1.807, 2.05) is 6.26 Å². The largest absolute Gasteiger partial charge is 0.480 e. The Hall–Kier alpha value is -0.560. The first-order chi connectivity index (χ1) is 8.57. The van der Waals surface area contributed by atoms with Crippen molar-refractivity contribution in [3.8, 4) is 0 Å². The first kappa shape index (κ1) is 15.5. The number of hydrogen-bond acceptors (Lipinski definition) is 4. The van der Waals surface area contributed by atoms with Crippen LogP contribution in [-0.2, 0) is 4.79 Å². The molecule has 104 valence electrons. The molecule has 5 nitrogen and oxygen atoms in total. The van der Waals surface area contributed by atoms with Crippen molar-refractivity contribution in [1.82, 2.24) is 9.80 Å². The summed E-state index contributed by atoms with van der Waals surface area (Å²) in [5.41, 5.74) is 0. The van der Waals surface area contributed by atoms with Crippen LogP contribution in [0.5, 0.6) is 0 Å². The van der Waals surface area contributed by atoms with Crippen LogP contribution in [0.2, 0.25) is 0 Å². The summed E-state index contributed by atoms with van der Waals surface area (Å²) in [5, 5.41) is 9.12. The number of carboxylic acid groups (broad SMARTS) is 1. The second-order valence-corrected chi connectivity index (χ2v) is 6.31. The van der Waals surface area contributed by atoms with E-state index in [4.69, 9.17) is 5.11 Å². The third kappa shape index (κ3) is 4.28. The normalized spacial score (nSPS) is 19.7. The number of thioether (sulfide) groups is 2. The Morgan fingerprint density at radius 1 is 1.56 bits per heavy atom. The summed E-state index contributed by atoms with van der Waals surface area (Å²) in [4.78, 5) is 26.4. The van der Waals surface area contributed by atoms with Gasteiger partial charge in [0.2, 0.25) is 0 Å². The Morgan fingerprint density at radius 2 is 2.28 bits per heavy atom. The second kappa shape index (κ2) is 7.78. The molecule has 1 fully saturated rings. The zero-order valence-corrected chi connectivity index (χ0v) is 12.4. The van der Waals surface area contributed by atoms with Gasteiger partial charge in [-0.1, -0.05) is 0 Å². The molecule has 18 heavy (non-hydrogen) atoms. The molecular weight excluding hydrogens is 272 g/mol. The molecule has 0 radical (unpaired) electrons. The maximum absolute atomic E-state index is 12.2. The van der Waals surface area contributed by atoms with Crippen molar-refractivity contribution >= 4 is 35.5 Å². The molecule has 0 spiro atoms. The lowest BCUT2D eigenvalue weighted by molar-refractivity contribution is -0.141. The molecule has 1 N–H and O–H groups in total. The first-order valence-electron chi connectivity index (χ1n) is 5.89. The van der Waals surface area contributed by atoms with Crippen molar-refractivity contribution in [3.63, 3.8) is 0 Å². The van der Waals surface area contributed by atoms with E-state index in [1.54, 1.807) is 35.5 Å². The number of carbonyl (C=O) groups excluding carboxylic acids is 1. The van der Waals surface area contributed by atoms with Crippen molar-refractivity contribution in [2.24, 2.45) is 0 Å². The number of amides is 2. The maximum Gasteiger partial charge on any atom is 0.327 e. The van der Waals surface area contributed by atoms with Gasteiger partial charge in [0.25, 0.3) is 0 Å². The Morgan fingerprint density at radius 3 is 2.89 bits per heavy atom. The second-order valence-electron chi connectivity index (χ2n) is 4.17. The number of hydrogen-bond donors (Lipinski definition) is 1. The standard InChI is InChI=1S/C11H20N2O3S2/c1-12(4-3-6-17-2)11(16)13-5-7-18-8-9(13)10(14)15/h9H,3-8H2,1-2H3,(H,14,15). The molecular formula is C11H20N2O3S2. The summed E-state index contributed by atoms with van der Waals surface area (Å²) in [7, 11) is 1.74. The molecule has 1 rings (SSSR count). The van der Waals surface area contributed by atoms with E-state index in [2.05, 4.69) is 0 Å². The number of rotatable bonds is 5. The van der Waals surface area contributed by atoms with E-state index in [0.717, 1.165) is 17.9 Å². The minimum atomic E-state index is -0.909. The first-order valence-corrected chi connectivity index (χ1v) is 8.44. The summed E-state index contributed by atoms with van der Waals surface area (Å²) in [6.45, 7) is 1.20. The molecule has 0 aromatic carbocycles. The lowest BCUT2D eigenvalue weighted by Gasteiger charge is -2.35. The van der Waals surface area contributed by atoms with Gasteiger partial charge in [0, 0.05) is 31.6 Å². The van der Waals surface area contributed by atoms with Crippen LogP contribution in [0.3, 0.4) is 0 Å². The smallest absolute Gasteiger partial charge is 0.327 e. The van der Waals surface area contributed by atoms with Crippen LogP contribution in [0.25, 0.3) is 0 Å². The van der Waals surface area contributed by atoms with Crippen LogP contribution < -0.4 is 0 Å². The van der Waals surface area contributed by atoms with E-state index in [0.29, 0.717) is 18.8 Å². The molecule has 2 amide bonds. The highest BCUT2D eigenvalue weighted by Crippen LogP contribution is 2.18. The van der Waals surface area contributed by atoms with Crippen molar-refractivity contribution in [1.29, 1.82) is 0 Å². The molecule has 0 aromatic rings. The summed E-state index contributed by atoms with van der Waals surface area (Å²) in [6.07, 6.45) is 2.97. The fraction of sp³-hybridized carbons (Fsp3) is 0.818. The van der Waals surface area contributed by atoms with Gasteiger partial charge >= 0.3 is 12.0 Å². The monoisotopic (exact) mass is 292 g/mol. The molecule has 0 aromatic heterocycles. The zero-order chi connectivity index (χ0) is 13.5. The molecule has 0 aliphatic carbocycles. The minimum Gasteiger partial charge on any atom is -0.480 e. The highest BCUT2D eigenvalue weighted by atomic mass is 32.2. The highest BCUT2D eigenvalue weighted by Gasteiger charge is 2.33. The third-order valence-electron chi connectivity index (χ3n) is 2.83. The predicted octanol–water partition coefficient (Wildman–Crippen LogP) is 1.29. The van der Waals surface area contributed by atoms with E-state index < -0.39 is 12.0 Å². The van der Waals surface area contributed by atoms with Gasteiger partial charge < -0.3 is 14.9 Å². The van der Waals surface area contributed by atoms with Crippen molar-refractivity contribution in [3.05, 3.63) is 0 Å². The Labute approximate surface area is 116 Å². The van der Waals surface area contributed by atoms with E-state index in [9.17, 15) is 9.59 Å². The molecule has 1 unspecified atom stereocenters. The minimum absolute atomic E-state index is 0.163. The third-order valence-corrected chi connectivity index (χ3v) is 4.55.